The summed E-state index contributed by atoms with van der Waals surface area (Å²) in [7, 11) is 4.56. The van der Waals surface area contributed by atoms with Gasteiger partial charge in [-0.05, 0) is 12.8 Å². The van der Waals surface area contributed by atoms with Gasteiger partial charge in [0.15, 0.2) is 0 Å². The molecular weight excluding hydrogens is 142 g/mol. The van der Waals surface area contributed by atoms with Crippen molar-refractivity contribution in [1.29, 1.82) is 0 Å². The van der Waals surface area contributed by atoms with Crippen LogP contribution in [0.15, 0.2) is 0 Å². The molecule has 0 atom stereocenters. The van der Waals surface area contributed by atoms with E-state index in [2.05, 4.69) is 27.9 Å². The Kier molecular flexibility index (Phi) is 5.18. The van der Waals surface area contributed by atoms with E-state index in [1.807, 2.05) is 11.9 Å². The maximum atomic E-state index is 2.28. The smallest absolute Gasteiger partial charge is 0.0885 e. The molecule has 62 valence electrons. The summed E-state index contributed by atoms with van der Waals surface area (Å²) >= 11 is 2.04. The van der Waals surface area contributed by atoms with E-state index >= 15 is 0 Å². The zero-order chi connectivity index (χ0) is 8.04. The van der Waals surface area contributed by atoms with Gasteiger partial charge in [0.25, 0.3) is 0 Å². The van der Waals surface area contributed by atoms with Crippen LogP contribution in [0.5, 0.6) is 0 Å². The summed E-state index contributed by atoms with van der Waals surface area (Å²) in [5, 5.41) is 0. The summed E-state index contributed by atoms with van der Waals surface area (Å²) in [6.45, 7) is 5.76. The van der Waals surface area contributed by atoms with Gasteiger partial charge in [-0.3, -0.25) is 3.89 Å². The topological polar surface area (TPSA) is 0 Å². The van der Waals surface area contributed by atoms with Crippen LogP contribution in [0.3, 0.4) is 0 Å². The van der Waals surface area contributed by atoms with E-state index in [1.54, 1.807) is 0 Å². The standard InChI is InChI=1S/C8H20NS/c1-5-7-9(3,4)10-8-6-2/h5-8H2,1-4H3/q+1. The maximum absolute atomic E-state index is 2.28. The minimum Gasteiger partial charge on any atom is -0.266 e. The van der Waals surface area contributed by atoms with E-state index in [9.17, 15) is 0 Å². The van der Waals surface area contributed by atoms with Gasteiger partial charge in [-0.25, -0.2) is 0 Å². The Labute approximate surface area is 69.5 Å². The third-order valence-electron chi connectivity index (χ3n) is 1.41. The maximum Gasteiger partial charge on any atom is 0.0885 e. The van der Waals surface area contributed by atoms with Gasteiger partial charge in [0.05, 0.1) is 32.6 Å². The first-order valence-corrected chi connectivity index (χ1v) is 5.04. The Hall–Kier alpha value is 0.310. The van der Waals surface area contributed by atoms with Gasteiger partial charge in [0.1, 0.15) is 0 Å². The third-order valence-corrected chi connectivity index (χ3v) is 2.88. The first kappa shape index (κ1) is 10.3. The van der Waals surface area contributed by atoms with Crippen molar-refractivity contribution in [3.63, 3.8) is 0 Å². The highest BCUT2D eigenvalue weighted by Crippen LogP contribution is 2.17. The van der Waals surface area contributed by atoms with Crippen molar-refractivity contribution in [2.75, 3.05) is 26.4 Å². The molecule has 0 aliphatic heterocycles. The molecule has 0 unspecified atom stereocenters. The molecule has 0 fully saturated rings. The molecular formula is C8H20NS+. The summed E-state index contributed by atoms with van der Waals surface area (Å²) in [6, 6.07) is 0. The molecule has 0 radical (unpaired) electrons. The van der Waals surface area contributed by atoms with E-state index < -0.39 is 0 Å². The quantitative estimate of drug-likeness (QED) is 0.442. The second-order valence-electron chi connectivity index (χ2n) is 3.13. The number of rotatable bonds is 5. The van der Waals surface area contributed by atoms with Crippen LogP contribution in [0.2, 0.25) is 0 Å². The van der Waals surface area contributed by atoms with Crippen molar-refractivity contribution in [2.45, 2.75) is 26.7 Å². The average Bonchev–Trinajstić information content (AvgIpc) is 1.84. The number of nitrogens with zero attached hydrogens (tertiary/aromatic N) is 1. The molecule has 0 N–H and O–H groups in total. The van der Waals surface area contributed by atoms with Crippen molar-refractivity contribution in [3.05, 3.63) is 0 Å². The van der Waals surface area contributed by atoms with Crippen LogP contribution in [0.25, 0.3) is 0 Å². The van der Waals surface area contributed by atoms with E-state index in [1.165, 1.54) is 25.1 Å². The second-order valence-corrected chi connectivity index (χ2v) is 4.79. The fourth-order valence-electron chi connectivity index (χ4n) is 0.941. The summed E-state index contributed by atoms with van der Waals surface area (Å²) in [6.07, 6.45) is 2.57. The molecule has 0 aromatic carbocycles. The molecule has 1 nitrogen and oxygen atoms in total. The van der Waals surface area contributed by atoms with Crippen molar-refractivity contribution >= 4 is 11.9 Å². The molecule has 2 heteroatoms. The molecule has 0 rings (SSSR count). The highest BCUT2D eigenvalue weighted by molar-refractivity contribution is 7.93. The Morgan fingerprint density at radius 3 is 2.10 bits per heavy atom. The number of quaternary nitrogens is 1. The molecule has 0 spiro atoms. The third kappa shape index (κ3) is 5.12. The van der Waals surface area contributed by atoms with Crippen LogP contribution in [-0.4, -0.2) is 30.3 Å². The predicted molar refractivity (Wildman–Crippen MR) is 50.0 cm³/mol. The summed E-state index contributed by atoms with van der Waals surface area (Å²) < 4.78 is 1.12. The van der Waals surface area contributed by atoms with Crippen LogP contribution in [-0.2, 0) is 0 Å². The van der Waals surface area contributed by atoms with Crippen LogP contribution in [0.1, 0.15) is 26.7 Å². The number of hydrogen-bond donors (Lipinski definition) is 0. The molecule has 0 bridgehead atoms. The lowest BCUT2D eigenvalue weighted by atomic mass is 10.5. The Bertz CT molecular complexity index is 81.3. The summed E-state index contributed by atoms with van der Waals surface area (Å²) in [4.78, 5) is 0. The molecule has 0 heterocycles. The average molecular weight is 162 g/mol. The minimum atomic E-state index is 1.12. The second kappa shape index (κ2) is 5.03. The summed E-state index contributed by atoms with van der Waals surface area (Å²) in [5.41, 5.74) is 0. The first-order valence-electron chi connectivity index (χ1n) is 4.10. The van der Waals surface area contributed by atoms with Crippen molar-refractivity contribution < 1.29 is 3.89 Å². The van der Waals surface area contributed by atoms with Crippen LogP contribution >= 0.6 is 11.9 Å². The Morgan fingerprint density at radius 2 is 1.70 bits per heavy atom. The van der Waals surface area contributed by atoms with Gasteiger partial charge in [-0.15, -0.1) is 0 Å². The minimum absolute atomic E-state index is 1.12. The van der Waals surface area contributed by atoms with Crippen molar-refractivity contribution in [3.8, 4) is 0 Å². The molecule has 0 aromatic heterocycles. The zero-order valence-electron chi connectivity index (χ0n) is 7.68. The lowest BCUT2D eigenvalue weighted by molar-refractivity contribution is -0.750. The zero-order valence-corrected chi connectivity index (χ0v) is 8.50. The normalized spacial score (nSPS) is 12.0. The van der Waals surface area contributed by atoms with E-state index in [-0.39, 0.29) is 0 Å². The molecule has 0 amide bonds. The van der Waals surface area contributed by atoms with E-state index in [4.69, 9.17) is 0 Å². The molecule has 0 saturated carbocycles. The highest BCUT2D eigenvalue weighted by Gasteiger charge is 2.13. The Balaban J connectivity index is 3.42. The van der Waals surface area contributed by atoms with Crippen molar-refractivity contribution in [2.24, 2.45) is 0 Å². The van der Waals surface area contributed by atoms with Crippen LogP contribution in [0.4, 0.5) is 0 Å². The Morgan fingerprint density at radius 1 is 1.10 bits per heavy atom. The monoisotopic (exact) mass is 162 g/mol. The van der Waals surface area contributed by atoms with Gasteiger partial charge in [0.2, 0.25) is 0 Å². The SMILES string of the molecule is CCCS[N+](C)(C)CCC. The molecule has 0 aliphatic rings. The van der Waals surface area contributed by atoms with Gasteiger partial charge in [0, 0.05) is 5.75 Å². The summed E-state index contributed by atoms with van der Waals surface area (Å²) in [5.74, 6) is 1.28. The first-order chi connectivity index (χ1) is 4.62. The lowest BCUT2D eigenvalue weighted by Gasteiger charge is -2.25. The van der Waals surface area contributed by atoms with Gasteiger partial charge in [-0.1, -0.05) is 13.8 Å². The van der Waals surface area contributed by atoms with Crippen LogP contribution in [0, 0.1) is 0 Å². The number of hydrogen-bond acceptors (Lipinski definition) is 1. The molecule has 0 aromatic rings. The van der Waals surface area contributed by atoms with E-state index in [0.29, 0.717) is 0 Å². The molecule has 0 saturated heterocycles. The van der Waals surface area contributed by atoms with Crippen LogP contribution < -0.4 is 0 Å². The lowest BCUT2D eigenvalue weighted by Crippen LogP contribution is -2.32. The predicted octanol–water partition coefficient (Wildman–Crippen LogP) is 2.53. The fraction of sp³-hybridized carbons (Fsp3) is 1.00. The molecule has 10 heavy (non-hydrogen) atoms. The molecule has 0 aliphatic carbocycles. The highest BCUT2D eigenvalue weighted by atomic mass is 32.2. The van der Waals surface area contributed by atoms with Gasteiger partial charge < -0.3 is 0 Å². The van der Waals surface area contributed by atoms with Gasteiger partial charge >= 0.3 is 0 Å². The van der Waals surface area contributed by atoms with E-state index in [0.717, 1.165) is 3.89 Å². The van der Waals surface area contributed by atoms with Crippen molar-refractivity contribution in [1.82, 2.24) is 0 Å². The van der Waals surface area contributed by atoms with Gasteiger partial charge in [-0.2, -0.15) is 0 Å². The fourth-order valence-corrected chi connectivity index (χ4v) is 1.93. The largest absolute Gasteiger partial charge is 0.266 e.